The van der Waals surface area contributed by atoms with Crippen molar-refractivity contribution in [1.29, 1.82) is 0 Å². The topological polar surface area (TPSA) is 47.7 Å². The summed E-state index contributed by atoms with van der Waals surface area (Å²) < 4.78 is 0. The summed E-state index contributed by atoms with van der Waals surface area (Å²) in [7, 11) is 0. The Morgan fingerprint density at radius 3 is 3.14 bits per heavy atom. The lowest BCUT2D eigenvalue weighted by Gasteiger charge is -2.32. The second-order valence-corrected chi connectivity index (χ2v) is 5.99. The average molecular weight is 280 g/mol. The molecular weight excluding hydrogens is 260 g/mol. The van der Waals surface area contributed by atoms with Crippen molar-refractivity contribution >= 4 is 10.9 Å². The lowest BCUT2D eigenvalue weighted by molar-refractivity contribution is 0.198. The predicted octanol–water partition coefficient (Wildman–Crippen LogP) is 3.27. The summed E-state index contributed by atoms with van der Waals surface area (Å²) in [5, 5.41) is 8.50. The molecule has 2 N–H and O–H groups in total. The molecule has 4 rings (SSSR count). The van der Waals surface area contributed by atoms with Gasteiger partial charge in [-0.2, -0.15) is 5.10 Å². The zero-order chi connectivity index (χ0) is 14.1. The number of rotatable bonds is 3. The fourth-order valence-electron chi connectivity index (χ4n) is 3.40. The first-order chi connectivity index (χ1) is 10.4. The summed E-state index contributed by atoms with van der Waals surface area (Å²) in [5.41, 5.74) is 3.89. The van der Waals surface area contributed by atoms with Gasteiger partial charge in [0.25, 0.3) is 0 Å². The van der Waals surface area contributed by atoms with E-state index in [9.17, 15) is 0 Å². The number of hydrogen-bond donors (Lipinski definition) is 2. The molecular formula is C17H20N4. The van der Waals surface area contributed by atoms with Gasteiger partial charge in [0.1, 0.15) is 0 Å². The molecule has 1 aliphatic rings. The van der Waals surface area contributed by atoms with Gasteiger partial charge in [-0.05, 0) is 48.5 Å². The van der Waals surface area contributed by atoms with Crippen LogP contribution in [0.3, 0.4) is 0 Å². The van der Waals surface area contributed by atoms with Crippen molar-refractivity contribution in [3.05, 3.63) is 54.0 Å². The first-order valence-electron chi connectivity index (χ1n) is 7.66. The van der Waals surface area contributed by atoms with Crippen LogP contribution >= 0.6 is 0 Å². The Labute approximate surface area is 124 Å². The number of aromatic amines is 2. The molecule has 1 aromatic carbocycles. The molecule has 108 valence electrons. The van der Waals surface area contributed by atoms with Crippen molar-refractivity contribution in [2.45, 2.75) is 25.3 Å². The second-order valence-electron chi connectivity index (χ2n) is 5.99. The fourth-order valence-corrected chi connectivity index (χ4v) is 3.40. The van der Waals surface area contributed by atoms with E-state index in [0.717, 1.165) is 13.1 Å². The van der Waals surface area contributed by atoms with Crippen LogP contribution in [-0.2, 0) is 6.54 Å². The third kappa shape index (κ3) is 2.59. The lowest BCUT2D eigenvalue weighted by atomic mass is 9.94. The monoisotopic (exact) mass is 280 g/mol. The van der Waals surface area contributed by atoms with Gasteiger partial charge in [0.15, 0.2) is 0 Å². The van der Waals surface area contributed by atoms with Gasteiger partial charge in [-0.1, -0.05) is 12.1 Å². The molecule has 0 radical (unpaired) electrons. The van der Waals surface area contributed by atoms with Gasteiger partial charge in [-0.15, -0.1) is 0 Å². The van der Waals surface area contributed by atoms with Gasteiger partial charge in [-0.3, -0.25) is 10.00 Å². The second kappa shape index (κ2) is 5.37. The van der Waals surface area contributed by atoms with E-state index >= 15 is 0 Å². The van der Waals surface area contributed by atoms with Crippen LogP contribution in [-0.4, -0.2) is 33.2 Å². The van der Waals surface area contributed by atoms with E-state index in [1.165, 1.54) is 41.5 Å². The highest BCUT2D eigenvalue weighted by Crippen LogP contribution is 2.26. The summed E-state index contributed by atoms with van der Waals surface area (Å²) >= 11 is 0. The van der Waals surface area contributed by atoms with Gasteiger partial charge < -0.3 is 4.98 Å². The summed E-state index contributed by atoms with van der Waals surface area (Å²) in [6.07, 6.45) is 6.37. The molecule has 0 aliphatic carbocycles. The Bertz CT molecular complexity index is 713. The van der Waals surface area contributed by atoms with Crippen LogP contribution in [0.25, 0.3) is 10.9 Å². The first kappa shape index (κ1) is 12.7. The minimum Gasteiger partial charge on any atom is -0.361 e. The Morgan fingerprint density at radius 1 is 1.24 bits per heavy atom. The van der Waals surface area contributed by atoms with Crippen LogP contribution in [0, 0.1) is 0 Å². The van der Waals surface area contributed by atoms with E-state index in [1.807, 2.05) is 12.4 Å². The van der Waals surface area contributed by atoms with Crippen molar-refractivity contribution in [3.63, 3.8) is 0 Å². The zero-order valence-electron chi connectivity index (χ0n) is 12.0. The Kier molecular flexibility index (Phi) is 3.24. The molecule has 1 atom stereocenters. The molecule has 3 aromatic rings. The largest absolute Gasteiger partial charge is 0.361 e. The molecule has 1 fully saturated rings. The standard InChI is InChI=1S/C17H20N4/c1-2-15(16-6-8-19-20-16)12-21(9-1)11-13-3-4-14-5-7-18-17(14)10-13/h3-8,10,15,18H,1-2,9,11-12H2,(H,19,20)/t15-/m0/s1. The van der Waals surface area contributed by atoms with E-state index in [0.29, 0.717) is 5.92 Å². The highest BCUT2D eigenvalue weighted by atomic mass is 15.1. The Balaban J connectivity index is 1.48. The molecule has 1 saturated heterocycles. The molecule has 1 aliphatic heterocycles. The molecule has 0 saturated carbocycles. The maximum atomic E-state index is 4.09. The molecule has 0 unspecified atom stereocenters. The van der Waals surface area contributed by atoms with Crippen molar-refractivity contribution in [3.8, 4) is 0 Å². The van der Waals surface area contributed by atoms with Gasteiger partial charge >= 0.3 is 0 Å². The number of fused-ring (bicyclic) bond motifs is 1. The summed E-state index contributed by atoms with van der Waals surface area (Å²) in [6, 6.07) is 11.0. The third-order valence-corrected chi connectivity index (χ3v) is 4.49. The quantitative estimate of drug-likeness (QED) is 0.773. The number of nitrogens with one attached hydrogen (secondary N) is 2. The van der Waals surface area contributed by atoms with Crippen molar-refractivity contribution in [2.24, 2.45) is 0 Å². The van der Waals surface area contributed by atoms with Gasteiger partial charge in [0.2, 0.25) is 0 Å². The van der Waals surface area contributed by atoms with Crippen LogP contribution in [0.2, 0.25) is 0 Å². The van der Waals surface area contributed by atoms with Crippen LogP contribution in [0.1, 0.15) is 30.0 Å². The zero-order valence-corrected chi connectivity index (χ0v) is 12.0. The van der Waals surface area contributed by atoms with E-state index in [1.54, 1.807) is 0 Å². The van der Waals surface area contributed by atoms with Crippen molar-refractivity contribution in [1.82, 2.24) is 20.1 Å². The minimum atomic E-state index is 0.593. The van der Waals surface area contributed by atoms with Crippen LogP contribution in [0.5, 0.6) is 0 Å². The number of likely N-dealkylation sites (tertiary alicyclic amines) is 1. The molecule has 21 heavy (non-hydrogen) atoms. The molecule has 4 heteroatoms. The minimum absolute atomic E-state index is 0.593. The van der Waals surface area contributed by atoms with Gasteiger partial charge in [0, 0.05) is 42.6 Å². The smallest absolute Gasteiger partial charge is 0.0490 e. The normalized spacial score (nSPS) is 20.1. The van der Waals surface area contributed by atoms with Crippen molar-refractivity contribution < 1.29 is 0 Å². The third-order valence-electron chi connectivity index (χ3n) is 4.49. The average Bonchev–Trinajstić information content (AvgIpc) is 3.18. The van der Waals surface area contributed by atoms with Gasteiger partial charge in [-0.25, -0.2) is 0 Å². The molecule has 0 spiro atoms. The van der Waals surface area contributed by atoms with Crippen LogP contribution in [0.4, 0.5) is 0 Å². The van der Waals surface area contributed by atoms with Crippen molar-refractivity contribution in [2.75, 3.05) is 13.1 Å². The Hall–Kier alpha value is -2.07. The number of hydrogen-bond acceptors (Lipinski definition) is 2. The molecule has 0 amide bonds. The van der Waals surface area contributed by atoms with E-state index < -0.39 is 0 Å². The van der Waals surface area contributed by atoms with E-state index in [2.05, 4.69) is 50.4 Å². The SMILES string of the molecule is c1cc([C@H]2CCCN(Cc3ccc4cc[nH]c4c3)C2)[nH]n1. The molecule has 2 aromatic heterocycles. The van der Waals surface area contributed by atoms with Crippen LogP contribution < -0.4 is 0 Å². The summed E-state index contributed by atoms with van der Waals surface area (Å²) in [4.78, 5) is 5.85. The molecule has 0 bridgehead atoms. The molecule has 3 heterocycles. The first-order valence-corrected chi connectivity index (χ1v) is 7.66. The molecule has 4 nitrogen and oxygen atoms in total. The number of benzene rings is 1. The van der Waals surface area contributed by atoms with E-state index in [-0.39, 0.29) is 0 Å². The number of nitrogens with zero attached hydrogens (tertiary/aromatic N) is 2. The highest BCUT2D eigenvalue weighted by Gasteiger charge is 2.22. The number of H-pyrrole nitrogens is 2. The fraction of sp³-hybridized carbons (Fsp3) is 0.353. The maximum absolute atomic E-state index is 4.09. The number of piperidine rings is 1. The summed E-state index contributed by atoms with van der Waals surface area (Å²) in [6.45, 7) is 3.33. The Morgan fingerprint density at radius 2 is 2.24 bits per heavy atom. The van der Waals surface area contributed by atoms with E-state index in [4.69, 9.17) is 0 Å². The highest BCUT2D eigenvalue weighted by molar-refractivity contribution is 5.79. The van der Waals surface area contributed by atoms with Gasteiger partial charge in [0.05, 0.1) is 0 Å². The lowest BCUT2D eigenvalue weighted by Crippen LogP contribution is -2.34. The predicted molar refractivity (Wildman–Crippen MR) is 84.1 cm³/mol. The van der Waals surface area contributed by atoms with Crippen LogP contribution in [0.15, 0.2) is 42.7 Å². The number of aromatic nitrogens is 3. The maximum Gasteiger partial charge on any atom is 0.0490 e. The summed E-state index contributed by atoms with van der Waals surface area (Å²) in [5.74, 6) is 0.593.